The number of aromatic nitrogens is 2. The number of Topliss-reactive ketones (excluding diaryl/α,β-unsaturated/α-hetero) is 1. The first-order valence-electron chi connectivity index (χ1n) is 14.1. The molecule has 0 spiro atoms. The van der Waals surface area contributed by atoms with Crippen LogP contribution in [0.15, 0.2) is 52.6 Å². The van der Waals surface area contributed by atoms with Crippen molar-refractivity contribution in [1.82, 2.24) is 20.0 Å². The molecule has 0 fully saturated rings. The lowest BCUT2D eigenvalue weighted by Gasteiger charge is -2.24. The van der Waals surface area contributed by atoms with Gasteiger partial charge < -0.3 is 26.1 Å². The van der Waals surface area contributed by atoms with Crippen molar-refractivity contribution in [2.45, 2.75) is 51.1 Å². The van der Waals surface area contributed by atoms with Gasteiger partial charge in [0.25, 0.3) is 5.91 Å². The number of benzene rings is 2. The van der Waals surface area contributed by atoms with Crippen molar-refractivity contribution in [3.05, 3.63) is 70.5 Å². The van der Waals surface area contributed by atoms with Crippen molar-refractivity contribution < 1.29 is 27.5 Å². The van der Waals surface area contributed by atoms with Crippen LogP contribution in [-0.2, 0) is 30.9 Å². The second kappa shape index (κ2) is 13.9. The Morgan fingerprint density at radius 2 is 1.86 bits per heavy atom. The third kappa shape index (κ3) is 7.38. The number of rotatable bonds is 13. The number of hydrogen-bond donors (Lipinski definition) is 5. The average molecular weight is 624 g/mol. The summed E-state index contributed by atoms with van der Waals surface area (Å²) in [4.78, 5) is 51.3. The molecule has 0 radical (unpaired) electrons. The number of carbonyl (C=O) groups is 3. The molecule has 2 unspecified atom stereocenters. The summed E-state index contributed by atoms with van der Waals surface area (Å²) >= 11 is 0. The van der Waals surface area contributed by atoms with Crippen molar-refractivity contribution in [3.8, 4) is 0 Å². The fraction of sp³-hybridized carbons (Fsp3) is 0.367. The fourth-order valence-electron chi connectivity index (χ4n) is 5.29. The molecule has 44 heavy (non-hydrogen) atoms. The predicted octanol–water partition coefficient (Wildman–Crippen LogP) is 2.21. The van der Waals surface area contributed by atoms with E-state index in [0.29, 0.717) is 54.3 Å². The Morgan fingerprint density at radius 3 is 2.50 bits per heavy atom. The second-order valence-electron chi connectivity index (χ2n) is 10.6. The van der Waals surface area contributed by atoms with Crippen molar-refractivity contribution >= 4 is 45.0 Å². The van der Waals surface area contributed by atoms with Crippen LogP contribution in [0.4, 0.5) is 11.6 Å². The van der Waals surface area contributed by atoms with Crippen LogP contribution in [0.3, 0.4) is 0 Å². The monoisotopic (exact) mass is 623 g/mol. The Morgan fingerprint density at radius 1 is 1.14 bits per heavy atom. The van der Waals surface area contributed by atoms with Gasteiger partial charge in [0, 0.05) is 31.0 Å². The highest BCUT2D eigenvalue weighted by Crippen LogP contribution is 2.32. The van der Waals surface area contributed by atoms with Gasteiger partial charge in [-0.3, -0.25) is 14.4 Å². The topological polar surface area (TPSA) is 198 Å². The number of nitrogens with one attached hydrogen (secondary N) is 4. The van der Waals surface area contributed by atoms with E-state index in [2.05, 4.69) is 30.3 Å². The number of aromatic amines is 1. The van der Waals surface area contributed by atoms with Crippen LogP contribution in [-0.4, -0.2) is 68.0 Å². The maximum absolute atomic E-state index is 13.5. The van der Waals surface area contributed by atoms with Crippen molar-refractivity contribution in [3.63, 3.8) is 0 Å². The van der Waals surface area contributed by atoms with Gasteiger partial charge in [0.15, 0.2) is 11.7 Å². The molecular formula is C30H37N7O6S. The molecule has 13 nitrogen and oxygen atoms in total. The zero-order chi connectivity index (χ0) is 32.0. The lowest BCUT2D eigenvalue weighted by molar-refractivity contribution is -0.142. The number of sulfonamides is 1. The minimum absolute atomic E-state index is 0.0382. The van der Waals surface area contributed by atoms with E-state index < -0.39 is 40.4 Å². The SMILES string of the molecule is COC(=O)C(CNC(=O)C1=Nc2cc(CNc3ncc[nH]3)ccc2C(=O)C1CCCN)NS(=O)(=O)c1c(C)cc(C)cc1C. The summed E-state index contributed by atoms with van der Waals surface area (Å²) in [7, 11) is -3.06. The summed E-state index contributed by atoms with van der Waals surface area (Å²) < 4.78 is 33.9. The van der Waals surface area contributed by atoms with E-state index in [0.717, 1.165) is 18.2 Å². The molecule has 0 saturated carbocycles. The molecule has 3 aromatic rings. The van der Waals surface area contributed by atoms with Gasteiger partial charge in [0.05, 0.1) is 23.6 Å². The number of aliphatic imine (C=N–C) groups is 1. The Balaban J connectivity index is 1.57. The summed E-state index contributed by atoms with van der Waals surface area (Å²) in [5.41, 5.74) is 9.10. The summed E-state index contributed by atoms with van der Waals surface area (Å²) in [6, 6.07) is 7.22. The van der Waals surface area contributed by atoms with Crippen molar-refractivity contribution in [1.29, 1.82) is 0 Å². The van der Waals surface area contributed by atoms with Crippen molar-refractivity contribution in [2.24, 2.45) is 16.6 Å². The van der Waals surface area contributed by atoms with Gasteiger partial charge in [-0.15, -0.1) is 0 Å². The predicted molar refractivity (Wildman–Crippen MR) is 165 cm³/mol. The van der Waals surface area contributed by atoms with Gasteiger partial charge in [-0.05, 0) is 69.0 Å². The fourth-order valence-corrected chi connectivity index (χ4v) is 6.93. The van der Waals surface area contributed by atoms with Crippen LogP contribution in [0.5, 0.6) is 0 Å². The first-order valence-corrected chi connectivity index (χ1v) is 15.6. The molecular weight excluding hydrogens is 586 g/mol. The number of fused-ring (bicyclic) bond motifs is 1. The first-order chi connectivity index (χ1) is 20.9. The Labute approximate surface area is 256 Å². The van der Waals surface area contributed by atoms with Gasteiger partial charge in [0.2, 0.25) is 10.0 Å². The summed E-state index contributed by atoms with van der Waals surface area (Å²) in [5, 5.41) is 5.72. The van der Waals surface area contributed by atoms with Crippen LogP contribution >= 0.6 is 0 Å². The summed E-state index contributed by atoms with van der Waals surface area (Å²) in [6.45, 7) is 5.45. The summed E-state index contributed by atoms with van der Waals surface area (Å²) in [5.74, 6) is -2.15. The van der Waals surface area contributed by atoms with E-state index in [1.54, 1.807) is 56.6 Å². The highest BCUT2D eigenvalue weighted by molar-refractivity contribution is 7.89. The van der Waals surface area contributed by atoms with E-state index in [9.17, 15) is 22.8 Å². The number of esters is 1. The molecule has 2 atom stereocenters. The highest BCUT2D eigenvalue weighted by atomic mass is 32.2. The Bertz CT molecular complexity index is 1660. The van der Waals surface area contributed by atoms with Crippen LogP contribution in [0.2, 0.25) is 0 Å². The van der Waals surface area contributed by atoms with E-state index in [1.165, 1.54) is 0 Å². The first kappa shape index (κ1) is 32.5. The number of methoxy groups -OCH3 is 1. The number of imidazole rings is 1. The summed E-state index contributed by atoms with van der Waals surface area (Å²) in [6.07, 6.45) is 4.07. The average Bonchev–Trinajstić information content (AvgIpc) is 3.50. The van der Waals surface area contributed by atoms with Gasteiger partial charge in [-0.1, -0.05) is 23.8 Å². The van der Waals surface area contributed by atoms with E-state index >= 15 is 0 Å². The Kier molecular flexibility index (Phi) is 10.3. The maximum atomic E-state index is 13.5. The number of ketones is 1. The molecule has 2 aromatic carbocycles. The molecule has 0 bridgehead atoms. The molecule has 1 aliphatic rings. The third-order valence-electron chi connectivity index (χ3n) is 7.23. The molecule has 14 heteroatoms. The van der Waals surface area contributed by atoms with Gasteiger partial charge >= 0.3 is 5.97 Å². The molecule has 2 heterocycles. The van der Waals surface area contributed by atoms with Crippen LogP contribution in [0.1, 0.15) is 45.5 Å². The maximum Gasteiger partial charge on any atom is 0.325 e. The van der Waals surface area contributed by atoms with Gasteiger partial charge in [0.1, 0.15) is 11.8 Å². The molecule has 4 rings (SSSR count). The van der Waals surface area contributed by atoms with E-state index in [-0.39, 0.29) is 16.4 Å². The molecule has 1 aromatic heterocycles. The number of nitrogens with two attached hydrogens (primary N) is 1. The Hall–Kier alpha value is -4.40. The standard InChI is InChI=1S/C30H37N7O6S/c1-17-12-18(2)27(19(3)13-17)44(41,42)37-24(29(40)43-4)16-34-28(39)25-22(6-5-9-31)26(38)21-8-7-20(14-23(21)36-25)15-35-30-32-10-11-33-30/h7-8,10-14,22,24,37H,5-6,9,15-16,31H2,1-4H3,(H,34,39)(H2,32,33,35). The molecule has 234 valence electrons. The normalized spacial score (nSPS) is 15.2. The number of nitrogens with zero attached hydrogens (tertiary/aromatic N) is 2. The number of ether oxygens (including phenoxy) is 1. The van der Waals surface area contributed by atoms with E-state index in [1.807, 2.05) is 6.92 Å². The zero-order valence-corrected chi connectivity index (χ0v) is 25.9. The van der Waals surface area contributed by atoms with Crippen molar-refractivity contribution in [2.75, 3.05) is 25.5 Å². The van der Waals surface area contributed by atoms with Gasteiger partial charge in [-0.25, -0.2) is 18.4 Å². The minimum Gasteiger partial charge on any atom is -0.468 e. The number of aryl methyl sites for hydroxylation is 3. The third-order valence-corrected chi connectivity index (χ3v) is 9.00. The zero-order valence-electron chi connectivity index (χ0n) is 25.1. The van der Waals surface area contributed by atoms with Crippen LogP contribution in [0.25, 0.3) is 0 Å². The highest BCUT2D eigenvalue weighted by Gasteiger charge is 2.36. The number of H-pyrrole nitrogens is 1. The van der Waals surface area contributed by atoms with Crippen LogP contribution < -0.4 is 21.1 Å². The largest absolute Gasteiger partial charge is 0.468 e. The van der Waals surface area contributed by atoms with E-state index in [4.69, 9.17) is 10.5 Å². The lowest BCUT2D eigenvalue weighted by Crippen LogP contribution is -2.51. The number of carbonyl (C=O) groups excluding carboxylic acids is 3. The van der Waals surface area contributed by atoms with Crippen LogP contribution in [0, 0.1) is 26.7 Å². The number of amides is 1. The molecule has 1 amide bonds. The molecule has 1 aliphatic heterocycles. The molecule has 0 aliphatic carbocycles. The number of anilines is 1. The molecule has 0 saturated heterocycles. The minimum atomic E-state index is -4.18. The second-order valence-corrected chi connectivity index (χ2v) is 12.3. The lowest BCUT2D eigenvalue weighted by atomic mass is 9.85. The number of hydrogen-bond acceptors (Lipinski definition) is 10. The smallest absolute Gasteiger partial charge is 0.325 e. The molecule has 6 N–H and O–H groups in total. The van der Waals surface area contributed by atoms with Gasteiger partial charge in [-0.2, -0.15) is 4.72 Å². The quantitative estimate of drug-likeness (QED) is 0.177.